The van der Waals surface area contributed by atoms with Gasteiger partial charge in [0.05, 0.1) is 13.2 Å². The molecular weight excluding hydrogens is 218 g/mol. The molecule has 5 heteroatoms. The van der Waals surface area contributed by atoms with Crippen LogP contribution in [-0.4, -0.2) is 48.8 Å². The van der Waals surface area contributed by atoms with Crippen LogP contribution in [0.2, 0.25) is 0 Å². The Kier molecular flexibility index (Phi) is 4.36. The molecule has 0 aromatic heterocycles. The van der Waals surface area contributed by atoms with Crippen LogP contribution in [0.25, 0.3) is 0 Å². The van der Waals surface area contributed by atoms with Crippen LogP contribution in [0.4, 0.5) is 0 Å². The standard InChI is InChI=1S/C12H23N3O2/c1-9-4-3-5-10(2)15(9)14-12(16)11-8-17-7-6-13-11/h9-11,13H,3-8H2,1-2H3,(H,14,16). The fourth-order valence-electron chi connectivity index (χ4n) is 2.58. The average Bonchev–Trinajstić information content (AvgIpc) is 2.35. The van der Waals surface area contributed by atoms with Crippen molar-refractivity contribution < 1.29 is 9.53 Å². The summed E-state index contributed by atoms with van der Waals surface area (Å²) in [6.07, 6.45) is 3.55. The number of carbonyl (C=O) groups is 1. The molecule has 3 atom stereocenters. The maximum absolute atomic E-state index is 12.1. The van der Waals surface area contributed by atoms with Crippen LogP contribution in [0, 0.1) is 0 Å². The summed E-state index contributed by atoms with van der Waals surface area (Å²) in [5.41, 5.74) is 3.04. The Labute approximate surface area is 103 Å². The van der Waals surface area contributed by atoms with Gasteiger partial charge in [-0.2, -0.15) is 0 Å². The number of ether oxygens (including phenoxy) is 1. The van der Waals surface area contributed by atoms with Crippen LogP contribution < -0.4 is 10.7 Å². The molecule has 1 amide bonds. The normalized spacial score (nSPS) is 35.5. The molecule has 2 aliphatic rings. The lowest BCUT2D eigenvalue weighted by atomic mass is 10.00. The summed E-state index contributed by atoms with van der Waals surface area (Å²) >= 11 is 0. The molecule has 0 spiro atoms. The van der Waals surface area contributed by atoms with Gasteiger partial charge in [-0.15, -0.1) is 0 Å². The van der Waals surface area contributed by atoms with Crippen molar-refractivity contribution in [3.05, 3.63) is 0 Å². The van der Waals surface area contributed by atoms with Crippen molar-refractivity contribution >= 4 is 5.91 Å². The summed E-state index contributed by atoms with van der Waals surface area (Å²) in [7, 11) is 0. The lowest BCUT2D eigenvalue weighted by molar-refractivity contribution is -0.134. The van der Waals surface area contributed by atoms with Crippen molar-refractivity contribution in [3.8, 4) is 0 Å². The van der Waals surface area contributed by atoms with Crippen LogP contribution >= 0.6 is 0 Å². The first-order valence-electron chi connectivity index (χ1n) is 6.58. The Morgan fingerprint density at radius 2 is 2.06 bits per heavy atom. The molecule has 2 heterocycles. The van der Waals surface area contributed by atoms with E-state index in [-0.39, 0.29) is 11.9 Å². The third kappa shape index (κ3) is 3.18. The summed E-state index contributed by atoms with van der Waals surface area (Å²) in [5, 5.41) is 5.27. The van der Waals surface area contributed by atoms with Crippen molar-refractivity contribution in [2.24, 2.45) is 0 Å². The highest BCUT2D eigenvalue weighted by molar-refractivity contribution is 5.81. The van der Waals surface area contributed by atoms with E-state index in [4.69, 9.17) is 4.74 Å². The predicted octanol–water partition coefficient (Wildman–Crippen LogP) is 0.269. The number of nitrogens with one attached hydrogen (secondary N) is 2. The summed E-state index contributed by atoms with van der Waals surface area (Å²) in [5.74, 6) is 0.0327. The number of hydrazine groups is 1. The van der Waals surface area contributed by atoms with Gasteiger partial charge in [0.1, 0.15) is 6.04 Å². The number of hydrogen-bond donors (Lipinski definition) is 2. The van der Waals surface area contributed by atoms with Crippen molar-refractivity contribution in [1.82, 2.24) is 15.8 Å². The molecule has 2 saturated heterocycles. The molecule has 5 nitrogen and oxygen atoms in total. The zero-order valence-corrected chi connectivity index (χ0v) is 10.7. The number of morpholine rings is 1. The molecule has 3 unspecified atom stereocenters. The van der Waals surface area contributed by atoms with E-state index >= 15 is 0 Å². The Morgan fingerprint density at radius 1 is 1.35 bits per heavy atom. The fourth-order valence-corrected chi connectivity index (χ4v) is 2.58. The first kappa shape index (κ1) is 12.8. The SMILES string of the molecule is CC1CCCC(C)N1NC(=O)C1COCCN1. The van der Waals surface area contributed by atoms with Crippen LogP contribution in [0.15, 0.2) is 0 Å². The van der Waals surface area contributed by atoms with Crippen molar-refractivity contribution in [2.45, 2.75) is 51.2 Å². The van der Waals surface area contributed by atoms with Crippen LogP contribution in [0.5, 0.6) is 0 Å². The van der Waals surface area contributed by atoms with E-state index in [1.165, 1.54) is 6.42 Å². The molecule has 0 aliphatic carbocycles. The molecular formula is C12H23N3O2. The second kappa shape index (κ2) is 5.80. The van der Waals surface area contributed by atoms with Gasteiger partial charge in [-0.05, 0) is 26.7 Å². The predicted molar refractivity (Wildman–Crippen MR) is 65.4 cm³/mol. The van der Waals surface area contributed by atoms with Gasteiger partial charge in [-0.1, -0.05) is 6.42 Å². The molecule has 0 radical (unpaired) electrons. The van der Waals surface area contributed by atoms with E-state index in [1.807, 2.05) is 0 Å². The minimum absolute atomic E-state index is 0.0327. The number of nitrogens with zero attached hydrogens (tertiary/aromatic N) is 1. The minimum Gasteiger partial charge on any atom is -0.378 e. The Balaban J connectivity index is 1.87. The third-order valence-electron chi connectivity index (χ3n) is 3.67. The lowest BCUT2D eigenvalue weighted by Gasteiger charge is -2.39. The summed E-state index contributed by atoms with van der Waals surface area (Å²) < 4.78 is 5.30. The van der Waals surface area contributed by atoms with Gasteiger partial charge in [0.25, 0.3) is 5.91 Å². The highest BCUT2D eigenvalue weighted by Gasteiger charge is 2.29. The van der Waals surface area contributed by atoms with Gasteiger partial charge in [-0.25, -0.2) is 5.01 Å². The molecule has 2 rings (SSSR count). The number of carbonyl (C=O) groups excluding carboxylic acids is 1. The van der Waals surface area contributed by atoms with Crippen molar-refractivity contribution in [2.75, 3.05) is 19.8 Å². The van der Waals surface area contributed by atoms with Crippen molar-refractivity contribution in [1.29, 1.82) is 0 Å². The molecule has 0 aromatic carbocycles. The number of amides is 1. The Bertz CT molecular complexity index is 256. The summed E-state index contributed by atoms with van der Waals surface area (Å²) in [4.78, 5) is 12.1. The first-order valence-corrected chi connectivity index (χ1v) is 6.58. The van der Waals surface area contributed by atoms with Crippen LogP contribution in [0.3, 0.4) is 0 Å². The van der Waals surface area contributed by atoms with Gasteiger partial charge in [-0.3, -0.25) is 10.2 Å². The number of rotatable bonds is 2. The van der Waals surface area contributed by atoms with Crippen LogP contribution in [-0.2, 0) is 9.53 Å². The van der Waals surface area contributed by atoms with E-state index < -0.39 is 0 Å². The number of hydrogen-bond acceptors (Lipinski definition) is 4. The van der Waals surface area contributed by atoms with Gasteiger partial charge >= 0.3 is 0 Å². The molecule has 2 N–H and O–H groups in total. The Hall–Kier alpha value is -0.650. The smallest absolute Gasteiger partial charge is 0.253 e. The highest BCUT2D eigenvalue weighted by Crippen LogP contribution is 2.20. The van der Waals surface area contributed by atoms with Gasteiger partial charge in [0, 0.05) is 18.6 Å². The minimum atomic E-state index is -0.204. The van der Waals surface area contributed by atoms with E-state index in [1.54, 1.807) is 0 Å². The second-order valence-electron chi connectivity index (χ2n) is 5.09. The first-order chi connectivity index (χ1) is 8.18. The summed E-state index contributed by atoms with van der Waals surface area (Å²) in [6.45, 7) is 6.26. The maximum atomic E-state index is 12.1. The zero-order valence-electron chi connectivity index (χ0n) is 10.7. The largest absolute Gasteiger partial charge is 0.378 e. The Morgan fingerprint density at radius 3 is 2.65 bits per heavy atom. The quantitative estimate of drug-likeness (QED) is 0.728. The number of piperidine rings is 1. The van der Waals surface area contributed by atoms with E-state index in [0.717, 1.165) is 19.4 Å². The van der Waals surface area contributed by atoms with Gasteiger partial charge < -0.3 is 10.1 Å². The molecule has 2 fully saturated rings. The van der Waals surface area contributed by atoms with E-state index in [0.29, 0.717) is 25.3 Å². The molecule has 0 aromatic rings. The van der Waals surface area contributed by atoms with Gasteiger partial charge in [0.2, 0.25) is 0 Å². The van der Waals surface area contributed by atoms with Crippen molar-refractivity contribution in [3.63, 3.8) is 0 Å². The molecule has 2 aliphatic heterocycles. The summed E-state index contributed by atoms with van der Waals surface area (Å²) in [6, 6.07) is 0.643. The van der Waals surface area contributed by atoms with Gasteiger partial charge in [0.15, 0.2) is 0 Å². The zero-order chi connectivity index (χ0) is 12.3. The monoisotopic (exact) mass is 241 g/mol. The molecule has 17 heavy (non-hydrogen) atoms. The fraction of sp³-hybridized carbons (Fsp3) is 0.917. The third-order valence-corrected chi connectivity index (χ3v) is 3.67. The topological polar surface area (TPSA) is 53.6 Å². The molecule has 0 bridgehead atoms. The second-order valence-corrected chi connectivity index (χ2v) is 5.09. The van der Waals surface area contributed by atoms with Crippen LogP contribution in [0.1, 0.15) is 33.1 Å². The maximum Gasteiger partial charge on any atom is 0.253 e. The lowest BCUT2D eigenvalue weighted by Crippen LogP contribution is -2.60. The van der Waals surface area contributed by atoms with E-state index in [2.05, 4.69) is 29.6 Å². The van der Waals surface area contributed by atoms with E-state index in [9.17, 15) is 4.79 Å². The highest BCUT2D eigenvalue weighted by atomic mass is 16.5. The average molecular weight is 241 g/mol. The molecule has 98 valence electrons. The molecule has 0 saturated carbocycles.